The fourth-order valence-electron chi connectivity index (χ4n) is 2.38. The molecule has 0 aliphatic carbocycles. The average molecular weight is 254 g/mol. The van der Waals surface area contributed by atoms with Gasteiger partial charge in [0.25, 0.3) is 0 Å². The molecule has 0 aromatic heterocycles. The number of nitrogens with one attached hydrogen (secondary N) is 1. The topological polar surface area (TPSA) is 12.0 Å². The summed E-state index contributed by atoms with van der Waals surface area (Å²) in [6.45, 7) is 10.0. The Morgan fingerprint density at radius 2 is 1.82 bits per heavy atom. The Morgan fingerprint density at radius 3 is 2.35 bits per heavy atom. The third-order valence-corrected chi connectivity index (χ3v) is 3.81. The lowest BCUT2D eigenvalue weighted by Gasteiger charge is -2.28. The van der Waals surface area contributed by atoms with Crippen LogP contribution in [0.15, 0.2) is 24.3 Å². The normalized spacial score (nSPS) is 14.9. The molecule has 0 saturated carbocycles. The molecule has 2 atom stereocenters. The summed E-state index contributed by atoms with van der Waals surface area (Å²) in [7, 11) is 0. The molecule has 0 heterocycles. The lowest BCUT2D eigenvalue weighted by molar-refractivity contribution is 0.292. The summed E-state index contributed by atoms with van der Waals surface area (Å²) in [4.78, 5) is 0. The van der Waals surface area contributed by atoms with Gasteiger partial charge < -0.3 is 5.32 Å². The molecule has 0 bridgehead atoms. The second kappa shape index (κ2) is 7.03. The Kier molecular flexibility index (Phi) is 6.01. The lowest BCUT2D eigenvalue weighted by Crippen LogP contribution is -2.37. The number of benzene rings is 1. The SMILES string of the molecule is CCNC(C)C(Cc1ccccc1Cl)C(C)C. The van der Waals surface area contributed by atoms with Crippen molar-refractivity contribution in [1.29, 1.82) is 0 Å². The van der Waals surface area contributed by atoms with Crippen LogP contribution in [0.4, 0.5) is 0 Å². The molecule has 2 heteroatoms. The summed E-state index contributed by atoms with van der Waals surface area (Å²) in [5.74, 6) is 1.27. The van der Waals surface area contributed by atoms with E-state index in [0.717, 1.165) is 18.0 Å². The van der Waals surface area contributed by atoms with E-state index >= 15 is 0 Å². The zero-order valence-corrected chi connectivity index (χ0v) is 12.1. The third-order valence-electron chi connectivity index (χ3n) is 3.44. The maximum Gasteiger partial charge on any atom is 0.0438 e. The molecular weight excluding hydrogens is 230 g/mol. The number of hydrogen-bond acceptors (Lipinski definition) is 1. The summed E-state index contributed by atoms with van der Waals surface area (Å²) >= 11 is 6.23. The van der Waals surface area contributed by atoms with Crippen molar-refractivity contribution < 1.29 is 0 Å². The van der Waals surface area contributed by atoms with Gasteiger partial charge in [-0.05, 0) is 43.4 Å². The molecule has 0 aliphatic heterocycles. The van der Waals surface area contributed by atoms with E-state index < -0.39 is 0 Å². The van der Waals surface area contributed by atoms with Crippen LogP contribution in [0.5, 0.6) is 0 Å². The zero-order chi connectivity index (χ0) is 12.8. The van der Waals surface area contributed by atoms with Crippen molar-refractivity contribution in [1.82, 2.24) is 5.32 Å². The minimum Gasteiger partial charge on any atom is -0.314 e. The number of hydrogen-bond donors (Lipinski definition) is 1. The van der Waals surface area contributed by atoms with E-state index in [2.05, 4.69) is 45.1 Å². The summed E-state index contributed by atoms with van der Waals surface area (Å²) in [6.07, 6.45) is 1.05. The van der Waals surface area contributed by atoms with Gasteiger partial charge in [-0.3, -0.25) is 0 Å². The fraction of sp³-hybridized carbons (Fsp3) is 0.600. The molecule has 1 aromatic rings. The second-order valence-electron chi connectivity index (χ2n) is 5.05. The van der Waals surface area contributed by atoms with Gasteiger partial charge in [0.2, 0.25) is 0 Å². The van der Waals surface area contributed by atoms with E-state index in [0.29, 0.717) is 17.9 Å². The van der Waals surface area contributed by atoms with Gasteiger partial charge in [-0.25, -0.2) is 0 Å². The van der Waals surface area contributed by atoms with Gasteiger partial charge in [-0.1, -0.05) is 50.6 Å². The highest BCUT2D eigenvalue weighted by atomic mass is 35.5. The monoisotopic (exact) mass is 253 g/mol. The molecule has 2 unspecified atom stereocenters. The molecule has 0 radical (unpaired) electrons. The van der Waals surface area contributed by atoms with Crippen molar-refractivity contribution in [3.8, 4) is 0 Å². The fourth-order valence-corrected chi connectivity index (χ4v) is 2.59. The maximum absolute atomic E-state index is 6.23. The summed E-state index contributed by atoms with van der Waals surface area (Å²) in [6, 6.07) is 8.69. The van der Waals surface area contributed by atoms with Crippen molar-refractivity contribution in [3.05, 3.63) is 34.9 Å². The second-order valence-corrected chi connectivity index (χ2v) is 5.46. The van der Waals surface area contributed by atoms with Crippen LogP contribution in [-0.4, -0.2) is 12.6 Å². The van der Waals surface area contributed by atoms with Crippen LogP contribution in [0.1, 0.15) is 33.3 Å². The van der Waals surface area contributed by atoms with E-state index in [1.807, 2.05) is 12.1 Å². The predicted molar refractivity (Wildman–Crippen MR) is 76.6 cm³/mol. The van der Waals surface area contributed by atoms with Crippen LogP contribution in [0.3, 0.4) is 0 Å². The Morgan fingerprint density at radius 1 is 1.18 bits per heavy atom. The van der Waals surface area contributed by atoms with Crippen molar-refractivity contribution in [2.75, 3.05) is 6.54 Å². The Labute approximate surface area is 111 Å². The first-order valence-electron chi connectivity index (χ1n) is 6.53. The molecule has 1 rings (SSSR count). The molecule has 1 N–H and O–H groups in total. The largest absolute Gasteiger partial charge is 0.314 e. The summed E-state index contributed by atoms with van der Waals surface area (Å²) < 4.78 is 0. The molecule has 0 spiro atoms. The first kappa shape index (κ1) is 14.5. The molecule has 0 saturated heterocycles. The van der Waals surface area contributed by atoms with Crippen molar-refractivity contribution in [2.45, 2.75) is 40.2 Å². The van der Waals surface area contributed by atoms with Crippen LogP contribution >= 0.6 is 11.6 Å². The van der Waals surface area contributed by atoms with E-state index in [-0.39, 0.29) is 0 Å². The molecule has 0 amide bonds. The third kappa shape index (κ3) is 4.33. The first-order chi connectivity index (χ1) is 8.06. The molecular formula is C15H24ClN. The maximum atomic E-state index is 6.23. The van der Waals surface area contributed by atoms with Crippen LogP contribution in [0.2, 0.25) is 5.02 Å². The highest BCUT2D eigenvalue weighted by molar-refractivity contribution is 6.31. The number of rotatable bonds is 6. The highest BCUT2D eigenvalue weighted by Gasteiger charge is 2.21. The molecule has 96 valence electrons. The molecule has 1 aromatic carbocycles. The predicted octanol–water partition coefficient (Wildman–Crippen LogP) is 4.15. The minimum atomic E-state index is 0.524. The van der Waals surface area contributed by atoms with Crippen LogP contribution in [-0.2, 0) is 6.42 Å². The zero-order valence-electron chi connectivity index (χ0n) is 11.3. The molecule has 17 heavy (non-hydrogen) atoms. The minimum absolute atomic E-state index is 0.524. The van der Waals surface area contributed by atoms with Crippen molar-refractivity contribution in [3.63, 3.8) is 0 Å². The lowest BCUT2D eigenvalue weighted by atomic mass is 9.84. The van der Waals surface area contributed by atoms with E-state index in [4.69, 9.17) is 11.6 Å². The Hall–Kier alpha value is -0.530. The molecule has 0 fully saturated rings. The Bertz CT molecular complexity index is 335. The molecule has 1 nitrogen and oxygen atoms in total. The number of halogens is 1. The standard InChI is InChI=1S/C15H24ClN/c1-5-17-12(4)14(11(2)3)10-13-8-6-7-9-15(13)16/h6-9,11-12,14,17H,5,10H2,1-4H3. The van der Waals surface area contributed by atoms with Crippen molar-refractivity contribution >= 4 is 11.6 Å². The van der Waals surface area contributed by atoms with Crippen LogP contribution < -0.4 is 5.32 Å². The van der Waals surface area contributed by atoms with E-state index in [1.165, 1.54) is 5.56 Å². The van der Waals surface area contributed by atoms with Gasteiger partial charge in [0.05, 0.1) is 0 Å². The smallest absolute Gasteiger partial charge is 0.0438 e. The average Bonchev–Trinajstić information content (AvgIpc) is 2.27. The Balaban J connectivity index is 2.77. The van der Waals surface area contributed by atoms with Gasteiger partial charge in [-0.15, -0.1) is 0 Å². The van der Waals surface area contributed by atoms with Gasteiger partial charge >= 0.3 is 0 Å². The highest BCUT2D eigenvalue weighted by Crippen LogP contribution is 2.25. The molecule has 0 aliphatic rings. The van der Waals surface area contributed by atoms with Gasteiger partial charge in [0, 0.05) is 11.1 Å². The quantitative estimate of drug-likeness (QED) is 0.803. The summed E-state index contributed by atoms with van der Waals surface area (Å²) in [5.41, 5.74) is 1.26. The van der Waals surface area contributed by atoms with E-state index in [1.54, 1.807) is 0 Å². The van der Waals surface area contributed by atoms with Gasteiger partial charge in [-0.2, -0.15) is 0 Å². The van der Waals surface area contributed by atoms with Crippen LogP contribution in [0, 0.1) is 11.8 Å². The van der Waals surface area contributed by atoms with Gasteiger partial charge in [0.1, 0.15) is 0 Å². The summed E-state index contributed by atoms with van der Waals surface area (Å²) in [5, 5.41) is 4.41. The van der Waals surface area contributed by atoms with Crippen molar-refractivity contribution in [2.24, 2.45) is 11.8 Å². The first-order valence-corrected chi connectivity index (χ1v) is 6.90. The van der Waals surface area contributed by atoms with E-state index in [9.17, 15) is 0 Å². The van der Waals surface area contributed by atoms with Gasteiger partial charge in [0.15, 0.2) is 0 Å². The van der Waals surface area contributed by atoms with Crippen LogP contribution in [0.25, 0.3) is 0 Å².